The highest BCUT2D eigenvalue weighted by molar-refractivity contribution is 5.83. The summed E-state index contributed by atoms with van der Waals surface area (Å²) in [5.74, 6) is 0.832. The van der Waals surface area contributed by atoms with Gasteiger partial charge in [-0.15, -0.1) is 0 Å². The van der Waals surface area contributed by atoms with E-state index in [1.54, 1.807) is 25.0 Å². The van der Waals surface area contributed by atoms with E-state index in [1.165, 1.54) is 0 Å². The number of carbonyl (C=O) groups excluding carboxylic acids is 1. The fourth-order valence-corrected chi connectivity index (χ4v) is 3.46. The highest BCUT2D eigenvalue weighted by atomic mass is 16.5. The van der Waals surface area contributed by atoms with Crippen LogP contribution in [0.1, 0.15) is 24.4 Å². The monoisotopic (exact) mass is 357 g/mol. The van der Waals surface area contributed by atoms with Gasteiger partial charge in [-0.25, -0.2) is 0 Å². The van der Waals surface area contributed by atoms with Crippen molar-refractivity contribution in [2.45, 2.75) is 24.9 Å². The van der Waals surface area contributed by atoms with Crippen LogP contribution in [0.3, 0.4) is 0 Å². The lowest BCUT2D eigenvalue weighted by atomic mass is 10.0. The van der Waals surface area contributed by atoms with E-state index in [4.69, 9.17) is 4.74 Å². The molecular weight excluding hydrogens is 330 g/mol. The van der Waals surface area contributed by atoms with Crippen LogP contribution in [-0.2, 0) is 11.8 Å². The van der Waals surface area contributed by atoms with E-state index in [1.807, 2.05) is 31.4 Å². The summed E-state index contributed by atoms with van der Waals surface area (Å²) in [5.41, 5.74) is 1.99. The number of aryl methyl sites for hydroxylation is 1. The lowest BCUT2D eigenvalue weighted by Gasteiger charge is -2.35. The Morgan fingerprint density at radius 1 is 1.42 bits per heavy atom. The van der Waals surface area contributed by atoms with Crippen LogP contribution >= 0.6 is 0 Å². The Kier molecular flexibility index (Phi) is 5.78. The Bertz CT molecular complexity index is 745. The average Bonchev–Trinajstić information content (AvgIpc) is 3.08. The molecule has 1 aromatic heterocycles. The number of hydrogen-bond acceptors (Lipinski definition) is 5. The number of piperidine rings is 1. The summed E-state index contributed by atoms with van der Waals surface area (Å²) in [6.45, 7) is 1.78. The molecule has 1 saturated heterocycles. The number of hydrogen-bond donors (Lipinski definition) is 2. The first-order valence-corrected chi connectivity index (χ1v) is 8.96. The molecule has 2 aromatic rings. The number of benzene rings is 1. The smallest absolute Gasteiger partial charge is 0.242 e. The van der Waals surface area contributed by atoms with Gasteiger partial charge in [-0.05, 0) is 32.0 Å². The number of carbonyl (C=O) groups is 1. The van der Waals surface area contributed by atoms with E-state index in [9.17, 15) is 4.79 Å². The largest absolute Gasteiger partial charge is 0.497 e. The van der Waals surface area contributed by atoms with Crippen LogP contribution in [0.2, 0.25) is 0 Å². The van der Waals surface area contributed by atoms with Crippen LogP contribution in [0, 0.1) is 0 Å². The summed E-state index contributed by atoms with van der Waals surface area (Å²) < 4.78 is 7.03. The second kappa shape index (κ2) is 8.23. The van der Waals surface area contributed by atoms with E-state index in [-0.39, 0.29) is 11.9 Å². The molecular formula is C19H27N5O2. The third-order valence-corrected chi connectivity index (χ3v) is 4.80. The third-order valence-electron chi connectivity index (χ3n) is 4.80. The minimum atomic E-state index is -0.393. The molecule has 3 rings (SSSR count). The SMILES string of the molecule is CNC(C(=O)NC1CCCN(c2cccc(OC)c2)C1)c1cnn(C)c1. The molecule has 0 spiro atoms. The molecule has 2 atom stereocenters. The van der Waals surface area contributed by atoms with Crippen LogP contribution in [0.25, 0.3) is 0 Å². The van der Waals surface area contributed by atoms with Gasteiger partial charge in [0, 0.05) is 49.7 Å². The highest BCUT2D eigenvalue weighted by Crippen LogP contribution is 2.24. The molecule has 2 N–H and O–H groups in total. The van der Waals surface area contributed by atoms with Crippen molar-refractivity contribution in [3.63, 3.8) is 0 Å². The number of anilines is 1. The number of rotatable bonds is 6. The number of aromatic nitrogens is 2. The van der Waals surface area contributed by atoms with Gasteiger partial charge in [0.2, 0.25) is 5.91 Å². The van der Waals surface area contributed by atoms with Gasteiger partial charge < -0.3 is 20.3 Å². The first-order valence-electron chi connectivity index (χ1n) is 8.96. The quantitative estimate of drug-likeness (QED) is 0.819. The summed E-state index contributed by atoms with van der Waals surface area (Å²) in [4.78, 5) is 15.0. The predicted octanol–water partition coefficient (Wildman–Crippen LogP) is 1.47. The van der Waals surface area contributed by atoms with Crippen LogP contribution in [0.4, 0.5) is 5.69 Å². The first kappa shape index (κ1) is 18.3. The standard InChI is InChI=1S/C19H27N5O2/c1-20-18(14-11-21-23(2)12-14)19(25)22-15-6-5-9-24(13-15)16-7-4-8-17(10-16)26-3/h4,7-8,10-12,15,18,20H,5-6,9,13H2,1-3H3,(H,22,25). The zero-order chi connectivity index (χ0) is 18.5. The Hall–Kier alpha value is -2.54. The minimum absolute atomic E-state index is 0.0157. The van der Waals surface area contributed by atoms with Gasteiger partial charge in [0.15, 0.2) is 0 Å². The molecule has 2 heterocycles. The normalized spacial score (nSPS) is 18.4. The number of nitrogens with one attached hydrogen (secondary N) is 2. The molecule has 1 aliphatic rings. The molecule has 26 heavy (non-hydrogen) atoms. The first-order chi connectivity index (χ1) is 12.6. The Balaban J connectivity index is 1.64. The Morgan fingerprint density at radius 3 is 2.96 bits per heavy atom. The maximum absolute atomic E-state index is 12.7. The van der Waals surface area contributed by atoms with Gasteiger partial charge in [0.1, 0.15) is 11.8 Å². The Morgan fingerprint density at radius 2 is 2.27 bits per heavy atom. The summed E-state index contributed by atoms with van der Waals surface area (Å²) in [7, 11) is 5.32. The maximum Gasteiger partial charge on any atom is 0.242 e. The topological polar surface area (TPSA) is 71.4 Å². The van der Waals surface area contributed by atoms with E-state index < -0.39 is 6.04 Å². The number of nitrogens with zero attached hydrogens (tertiary/aromatic N) is 3. The van der Waals surface area contributed by atoms with Crippen molar-refractivity contribution in [2.75, 3.05) is 32.1 Å². The van der Waals surface area contributed by atoms with Crippen molar-refractivity contribution in [3.8, 4) is 5.75 Å². The number of ether oxygens (including phenoxy) is 1. The molecule has 0 radical (unpaired) electrons. The van der Waals surface area contributed by atoms with Crippen molar-refractivity contribution in [1.82, 2.24) is 20.4 Å². The van der Waals surface area contributed by atoms with Crippen molar-refractivity contribution in [1.29, 1.82) is 0 Å². The molecule has 0 saturated carbocycles. The van der Waals surface area contributed by atoms with Crippen molar-refractivity contribution in [3.05, 3.63) is 42.2 Å². The average molecular weight is 357 g/mol. The van der Waals surface area contributed by atoms with Crippen LogP contribution in [-0.4, -0.2) is 49.0 Å². The number of methoxy groups -OCH3 is 1. The fourth-order valence-electron chi connectivity index (χ4n) is 3.46. The molecule has 0 bridgehead atoms. The maximum atomic E-state index is 12.7. The number of likely N-dealkylation sites (N-methyl/N-ethyl adjacent to an activating group) is 1. The number of amides is 1. The molecule has 2 unspecified atom stereocenters. The van der Waals surface area contributed by atoms with Crippen LogP contribution < -0.4 is 20.3 Å². The third kappa shape index (κ3) is 4.16. The molecule has 7 nitrogen and oxygen atoms in total. The predicted molar refractivity (Wildman–Crippen MR) is 101 cm³/mol. The van der Waals surface area contributed by atoms with E-state index in [2.05, 4.69) is 26.7 Å². The van der Waals surface area contributed by atoms with Crippen LogP contribution in [0.15, 0.2) is 36.7 Å². The molecule has 1 fully saturated rings. The van der Waals surface area contributed by atoms with Gasteiger partial charge in [-0.1, -0.05) is 6.07 Å². The molecule has 140 valence electrons. The highest BCUT2D eigenvalue weighted by Gasteiger charge is 2.26. The molecule has 0 aliphatic carbocycles. The molecule has 1 aromatic carbocycles. The molecule has 1 amide bonds. The molecule has 7 heteroatoms. The van der Waals surface area contributed by atoms with Crippen LogP contribution in [0.5, 0.6) is 5.75 Å². The van der Waals surface area contributed by atoms with Gasteiger partial charge in [0.25, 0.3) is 0 Å². The summed E-state index contributed by atoms with van der Waals surface area (Å²) in [6, 6.07) is 7.79. The molecule has 1 aliphatic heterocycles. The van der Waals surface area contributed by atoms with Gasteiger partial charge in [0.05, 0.1) is 13.3 Å². The van der Waals surface area contributed by atoms with Crippen molar-refractivity contribution < 1.29 is 9.53 Å². The van der Waals surface area contributed by atoms with Crippen molar-refractivity contribution in [2.24, 2.45) is 7.05 Å². The zero-order valence-corrected chi connectivity index (χ0v) is 15.6. The van der Waals surface area contributed by atoms with Gasteiger partial charge in [-0.2, -0.15) is 5.10 Å². The second-order valence-electron chi connectivity index (χ2n) is 6.66. The Labute approximate surface area is 154 Å². The second-order valence-corrected chi connectivity index (χ2v) is 6.66. The van der Waals surface area contributed by atoms with E-state index in [0.717, 1.165) is 42.9 Å². The van der Waals surface area contributed by atoms with E-state index in [0.29, 0.717) is 0 Å². The van der Waals surface area contributed by atoms with Gasteiger partial charge >= 0.3 is 0 Å². The summed E-state index contributed by atoms with van der Waals surface area (Å²) in [5, 5.41) is 10.4. The fraction of sp³-hybridized carbons (Fsp3) is 0.474. The zero-order valence-electron chi connectivity index (χ0n) is 15.6. The van der Waals surface area contributed by atoms with Gasteiger partial charge in [-0.3, -0.25) is 9.48 Å². The summed E-state index contributed by atoms with van der Waals surface area (Å²) in [6.07, 6.45) is 5.61. The van der Waals surface area contributed by atoms with E-state index >= 15 is 0 Å². The lowest BCUT2D eigenvalue weighted by Crippen LogP contribution is -2.50. The minimum Gasteiger partial charge on any atom is -0.497 e. The van der Waals surface area contributed by atoms with Crippen molar-refractivity contribution >= 4 is 11.6 Å². The lowest BCUT2D eigenvalue weighted by molar-refractivity contribution is -0.123. The summed E-state index contributed by atoms with van der Waals surface area (Å²) >= 11 is 0.